The van der Waals surface area contributed by atoms with Crippen LogP contribution in [0, 0.1) is 13.8 Å². The first-order valence-corrected chi connectivity index (χ1v) is 8.00. The van der Waals surface area contributed by atoms with Crippen LogP contribution in [0.3, 0.4) is 0 Å². The molecule has 0 saturated carbocycles. The Balaban J connectivity index is 1.63. The van der Waals surface area contributed by atoms with Gasteiger partial charge < -0.3 is 15.2 Å². The smallest absolute Gasteiger partial charge is 0.175 e. The molecule has 2 aromatic heterocycles. The molecule has 0 bridgehead atoms. The highest BCUT2D eigenvalue weighted by Gasteiger charge is 2.05. The van der Waals surface area contributed by atoms with Gasteiger partial charge in [0.05, 0.1) is 0 Å². The van der Waals surface area contributed by atoms with E-state index in [9.17, 15) is 0 Å². The fraction of sp³-hybridized carbons (Fsp3) is 0.235. The molecular formula is C17H18ClN5O. The van der Waals surface area contributed by atoms with Gasteiger partial charge in [-0.25, -0.2) is 9.97 Å². The van der Waals surface area contributed by atoms with Crippen LogP contribution in [-0.4, -0.2) is 21.7 Å². The van der Waals surface area contributed by atoms with E-state index in [4.69, 9.17) is 16.1 Å². The summed E-state index contributed by atoms with van der Waals surface area (Å²) < 4.78 is 5.04. The lowest BCUT2D eigenvalue weighted by Crippen LogP contribution is -2.08. The van der Waals surface area contributed by atoms with Crippen molar-refractivity contribution in [1.82, 2.24) is 15.1 Å². The van der Waals surface area contributed by atoms with Gasteiger partial charge >= 0.3 is 0 Å². The second kappa shape index (κ2) is 7.31. The molecule has 2 heterocycles. The Labute approximate surface area is 145 Å². The first-order chi connectivity index (χ1) is 11.6. The van der Waals surface area contributed by atoms with Gasteiger partial charge in [0.2, 0.25) is 0 Å². The molecule has 0 aliphatic rings. The average Bonchev–Trinajstić information content (AvgIpc) is 2.92. The van der Waals surface area contributed by atoms with Gasteiger partial charge in [-0.1, -0.05) is 28.9 Å². The van der Waals surface area contributed by atoms with E-state index in [0.29, 0.717) is 17.5 Å². The number of halogens is 1. The Morgan fingerprint density at radius 1 is 1.04 bits per heavy atom. The van der Waals surface area contributed by atoms with Crippen LogP contribution in [0.15, 0.2) is 40.9 Å². The van der Waals surface area contributed by atoms with Gasteiger partial charge in [0.25, 0.3) is 0 Å². The second-order valence-corrected chi connectivity index (χ2v) is 5.88. The maximum Gasteiger partial charge on any atom is 0.175 e. The molecule has 1 aromatic carbocycles. The maximum absolute atomic E-state index is 6.00. The fourth-order valence-electron chi connectivity index (χ4n) is 2.31. The van der Waals surface area contributed by atoms with Gasteiger partial charge in [0, 0.05) is 23.7 Å². The monoisotopic (exact) mass is 343 g/mol. The summed E-state index contributed by atoms with van der Waals surface area (Å²) >= 11 is 6.00. The minimum Gasteiger partial charge on any atom is -0.370 e. The highest BCUT2D eigenvalue weighted by molar-refractivity contribution is 6.30. The van der Waals surface area contributed by atoms with Crippen LogP contribution in [0.2, 0.25) is 5.02 Å². The molecule has 0 radical (unpaired) electrons. The average molecular weight is 344 g/mol. The predicted octanol–water partition coefficient (Wildman–Crippen LogP) is 4.13. The van der Waals surface area contributed by atoms with E-state index in [0.717, 1.165) is 29.6 Å². The number of aryl methyl sites for hydroxylation is 2. The lowest BCUT2D eigenvalue weighted by Gasteiger charge is -2.09. The van der Waals surface area contributed by atoms with Gasteiger partial charge in [0.1, 0.15) is 23.2 Å². The molecule has 0 unspecified atom stereocenters. The molecule has 6 nitrogen and oxygen atoms in total. The molecule has 0 spiro atoms. The van der Waals surface area contributed by atoms with E-state index in [1.807, 2.05) is 44.2 Å². The maximum atomic E-state index is 6.00. The zero-order chi connectivity index (χ0) is 16.9. The van der Waals surface area contributed by atoms with Crippen LogP contribution in [0.4, 0.5) is 17.5 Å². The normalized spacial score (nSPS) is 10.6. The molecule has 0 aliphatic heterocycles. The largest absolute Gasteiger partial charge is 0.370 e. The Bertz CT molecular complexity index is 833. The molecule has 3 rings (SSSR count). The summed E-state index contributed by atoms with van der Waals surface area (Å²) in [6, 6.07) is 11.5. The Morgan fingerprint density at radius 2 is 1.88 bits per heavy atom. The number of hydrogen-bond donors (Lipinski definition) is 2. The molecule has 0 atom stereocenters. The third kappa shape index (κ3) is 4.45. The van der Waals surface area contributed by atoms with Crippen LogP contribution >= 0.6 is 11.6 Å². The number of nitrogens with one attached hydrogen (secondary N) is 2. The third-order valence-corrected chi connectivity index (χ3v) is 3.57. The Hall–Kier alpha value is -2.60. The molecule has 2 N–H and O–H groups in total. The lowest BCUT2D eigenvalue weighted by atomic mass is 10.1. The summed E-state index contributed by atoms with van der Waals surface area (Å²) in [5, 5.41) is 11.1. The molecule has 0 aliphatic carbocycles. The number of nitrogens with zero attached hydrogens (tertiary/aromatic N) is 3. The van der Waals surface area contributed by atoms with Crippen LogP contribution in [0.5, 0.6) is 0 Å². The van der Waals surface area contributed by atoms with Crippen molar-refractivity contribution in [3.05, 3.63) is 58.6 Å². The predicted molar refractivity (Wildman–Crippen MR) is 94.9 cm³/mol. The van der Waals surface area contributed by atoms with Crippen molar-refractivity contribution < 1.29 is 4.52 Å². The first-order valence-electron chi connectivity index (χ1n) is 7.63. The van der Waals surface area contributed by atoms with Gasteiger partial charge in [-0.3, -0.25) is 0 Å². The molecule has 24 heavy (non-hydrogen) atoms. The van der Waals surface area contributed by atoms with Gasteiger partial charge in [0.15, 0.2) is 5.82 Å². The molecule has 0 saturated heterocycles. The molecule has 0 fully saturated rings. The molecule has 0 amide bonds. The number of aromatic nitrogens is 3. The molecule has 7 heteroatoms. The minimum absolute atomic E-state index is 0.621. The lowest BCUT2D eigenvalue weighted by molar-refractivity contribution is 0.400. The highest BCUT2D eigenvalue weighted by Crippen LogP contribution is 2.17. The number of hydrogen-bond acceptors (Lipinski definition) is 6. The molecule has 3 aromatic rings. The first kappa shape index (κ1) is 16.3. The molecule has 124 valence electrons. The van der Waals surface area contributed by atoms with Crippen LogP contribution in [0.25, 0.3) is 0 Å². The summed E-state index contributed by atoms with van der Waals surface area (Å²) in [7, 11) is 0. The van der Waals surface area contributed by atoms with Crippen molar-refractivity contribution in [2.24, 2.45) is 0 Å². The Kier molecular flexibility index (Phi) is 4.96. The summed E-state index contributed by atoms with van der Waals surface area (Å²) in [5.74, 6) is 3.46. The van der Waals surface area contributed by atoms with E-state index in [1.54, 1.807) is 0 Å². The van der Waals surface area contributed by atoms with Crippen LogP contribution < -0.4 is 10.6 Å². The van der Waals surface area contributed by atoms with Crippen molar-refractivity contribution in [2.75, 3.05) is 17.2 Å². The van der Waals surface area contributed by atoms with E-state index in [-0.39, 0.29) is 0 Å². The summed E-state index contributed by atoms with van der Waals surface area (Å²) in [6.07, 6.45) is 0.856. The standard InChI is InChI=1S/C17H18ClN5O/c1-11-8-17(23-24-11)22-16-10-15(20-12(2)21-16)19-7-6-13-4-3-5-14(18)9-13/h3-5,8-10H,6-7H2,1-2H3,(H2,19,20,21,22,23). The van der Waals surface area contributed by atoms with Crippen molar-refractivity contribution in [1.29, 1.82) is 0 Å². The number of benzene rings is 1. The van der Waals surface area contributed by atoms with Crippen LogP contribution in [0.1, 0.15) is 17.1 Å². The number of anilines is 3. The van der Waals surface area contributed by atoms with Crippen molar-refractivity contribution >= 4 is 29.1 Å². The number of rotatable bonds is 6. The SMILES string of the molecule is Cc1nc(NCCc2cccc(Cl)c2)cc(Nc2cc(C)on2)n1. The van der Waals surface area contributed by atoms with E-state index >= 15 is 0 Å². The third-order valence-electron chi connectivity index (χ3n) is 3.33. The van der Waals surface area contributed by atoms with Gasteiger partial charge in [-0.2, -0.15) is 0 Å². The van der Waals surface area contributed by atoms with Gasteiger partial charge in [-0.05, 0) is 38.0 Å². The van der Waals surface area contributed by atoms with E-state index in [1.165, 1.54) is 5.56 Å². The zero-order valence-corrected chi connectivity index (χ0v) is 14.3. The quantitative estimate of drug-likeness (QED) is 0.700. The van der Waals surface area contributed by atoms with E-state index in [2.05, 4.69) is 31.8 Å². The Morgan fingerprint density at radius 3 is 2.62 bits per heavy atom. The topological polar surface area (TPSA) is 75.9 Å². The summed E-state index contributed by atoms with van der Waals surface area (Å²) in [6.45, 7) is 4.44. The fourth-order valence-corrected chi connectivity index (χ4v) is 2.52. The summed E-state index contributed by atoms with van der Waals surface area (Å²) in [5.41, 5.74) is 1.18. The van der Waals surface area contributed by atoms with E-state index < -0.39 is 0 Å². The van der Waals surface area contributed by atoms with Crippen molar-refractivity contribution in [3.63, 3.8) is 0 Å². The molecular weight excluding hydrogens is 326 g/mol. The summed E-state index contributed by atoms with van der Waals surface area (Å²) in [4.78, 5) is 8.75. The van der Waals surface area contributed by atoms with Crippen molar-refractivity contribution in [3.8, 4) is 0 Å². The van der Waals surface area contributed by atoms with Crippen LogP contribution in [-0.2, 0) is 6.42 Å². The van der Waals surface area contributed by atoms with Gasteiger partial charge in [-0.15, -0.1) is 0 Å². The zero-order valence-electron chi connectivity index (χ0n) is 13.5. The second-order valence-electron chi connectivity index (χ2n) is 5.44. The van der Waals surface area contributed by atoms with Crippen molar-refractivity contribution in [2.45, 2.75) is 20.3 Å². The highest BCUT2D eigenvalue weighted by atomic mass is 35.5. The minimum atomic E-state index is 0.621.